The molecule has 0 spiro atoms. The predicted octanol–water partition coefficient (Wildman–Crippen LogP) is 3.43. The van der Waals surface area contributed by atoms with Crippen molar-refractivity contribution < 1.29 is 0 Å². The summed E-state index contributed by atoms with van der Waals surface area (Å²) in [6, 6.07) is 8.61. The molecule has 0 atom stereocenters. The minimum absolute atomic E-state index is 1.12. The van der Waals surface area contributed by atoms with Crippen LogP contribution < -0.4 is 4.90 Å². The predicted molar refractivity (Wildman–Crippen MR) is 81.5 cm³/mol. The number of anilines is 1. The van der Waals surface area contributed by atoms with E-state index < -0.39 is 0 Å². The summed E-state index contributed by atoms with van der Waals surface area (Å²) in [6.45, 7) is 3.50. The molecular weight excluding hydrogens is 234 g/mol. The smallest absolute Gasteiger partial charge is 0.105 e. The Bertz CT molecular complexity index is 461. The molecule has 0 aliphatic carbocycles. The van der Waals surface area contributed by atoms with E-state index in [1.54, 1.807) is 0 Å². The fraction of sp³-hybridized carbons (Fsp3) is 0.562. The van der Waals surface area contributed by atoms with Gasteiger partial charge in [0.2, 0.25) is 0 Å². The first-order chi connectivity index (χ1) is 9.34. The monoisotopic (exact) mass is 257 g/mol. The lowest BCUT2D eigenvalue weighted by Crippen LogP contribution is -2.29. The van der Waals surface area contributed by atoms with Crippen LogP contribution in [0.5, 0.6) is 0 Å². The molecule has 3 heteroatoms. The number of nitrogens with zero attached hydrogens (tertiary/aromatic N) is 3. The van der Waals surface area contributed by atoms with Crippen molar-refractivity contribution in [2.24, 2.45) is 4.99 Å². The third-order valence-electron chi connectivity index (χ3n) is 4.16. The number of likely N-dealkylation sites (tertiary alicyclic amines) is 1. The lowest BCUT2D eigenvalue weighted by Gasteiger charge is -2.29. The van der Waals surface area contributed by atoms with Crippen molar-refractivity contribution in [2.75, 3.05) is 31.6 Å². The van der Waals surface area contributed by atoms with Crippen LogP contribution in [0.25, 0.3) is 0 Å². The number of rotatable bonds is 2. The van der Waals surface area contributed by atoms with Gasteiger partial charge < -0.3 is 9.80 Å². The van der Waals surface area contributed by atoms with E-state index in [2.05, 4.69) is 41.1 Å². The van der Waals surface area contributed by atoms with Crippen molar-refractivity contribution >= 4 is 17.2 Å². The molecule has 2 aliphatic heterocycles. The molecule has 0 radical (unpaired) electrons. The second kappa shape index (κ2) is 5.64. The van der Waals surface area contributed by atoms with Crippen molar-refractivity contribution in [3.8, 4) is 0 Å². The highest BCUT2D eigenvalue weighted by Gasteiger charge is 2.17. The Kier molecular flexibility index (Phi) is 3.72. The molecule has 0 aromatic heterocycles. The van der Waals surface area contributed by atoms with E-state index in [-0.39, 0.29) is 0 Å². The number of amidine groups is 1. The molecule has 0 amide bonds. The third-order valence-corrected chi connectivity index (χ3v) is 4.16. The summed E-state index contributed by atoms with van der Waals surface area (Å²) in [6.07, 6.45) is 6.34. The first-order valence-electron chi connectivity index (χ1n) is 7.47. The van der Waals surface area contributed by atoms with Gasteiger partial charge in [0, 0.05) is 33.1 Å². The van der Waals surface area contributed by atoms with Crippen LogP contribution in [0.1, 0.15) is 32.1 Å². The average molecular weight is 257 g/mol. The van der Waals surface area contributed by atoms with Gasteiger partial charge in [-0.3, -0.25) is 0 Å². The minimum Gasteiger partial charge on any atom is -0.370 e. The van der Waals surface area contributed by atoms with Gasteiger partial charge in [-0.05, 0) is 37.8 Å². The highest BCUT2D eigenvalue weighted by molar-refractivity contribution is 5.88. The summed E-state index contributed by atoms with van der Waals surface area (Å²) in [5, 5.41) is 0. The van der Waals surface area contributed by atoms with E-state index in [4.69, 9.17) is 4.99 Å². The Hall–Kier alpha value is -1.51. The Morgan fingerprint density at radius 2 is 1.74 bits per heavy atom. The van der Waals surface area contributed by atoms with Gasteiger partial charge >= 0.3 is 0 Å². The Morgan fingerprint density at radius 1 is 0.947 bits per heavy atom. The topological polar surface area (TPSA) is 18.8 Å². The van der Waals surface area contributed by atoms with E-state index >= 15 is 0 Å². The van der Waals surface area contributed by atoms with Gasteiger partial charge in [0.05, 0.1) is 11.4 Å². The Morgan fingerprint density at radius 3 is 2.47 bits per heavy atom. The van der Waals surface area contributed by atoms with Crippen LogP contribution in [-0.4, -0.2) is 37.4 Å². The zero-order valence-corrected chi connectivity index (χ0v) is 11.8. The maximum atomic E-state index is 4.92. The lowest BCUT2D eigenvalue weighted by atomic mass is 10.1. The summed E-state index contributed by atoms with van der Waals surface area (Å²) in [5.74, 6) is 1.24. The summed E-state index contributed by atoms with van der Waals surface area (Å²) < 4.78 is 0. The number of piperidine rings is 1. The molecule has 1 aromatic rings. The van der Waals surface area contributed by atoms with Crippen LogP contribution >= 0.6 is 0 Å². The molecule has 0 bridgehead atoms. The van der Waals surface area contributed by atoms with Crippen molar-refractivity contribution in [2.45, 2.75) is 32.1 Å². The molecule has 19 heavy (non-hydrogen) atoms. The molecule has 2 fully saturated rings. The lowest BCUT2D eigenvalue weighted by molar-refractivity contribution is 0.550. The zero-order chi connectivity index (χ0) is 13.1. The number of hydrogen-bond acceptors (Lipinski definition) is 2. The Balaban J connectivity index is 1.88. The zero-order valence-electron chi connectivity index (χ0n) is 11.8. The molecular formula is C16H23N3. The fourth-order valence-electron chi connectivity index (χ4n) is 3.04. The second-order valence-corrected chi connectivity index (χ2v) is 5.59. The normalized spacial score (nSPS) is 22.3. The van der Waals surface area contributed by atoms with Crippen molar-refractivity contribution in [3.05, 3.63) is 24.3 Å². The van der Waals surface area contributed by atoms with Gasteiger partial charge in [-0.2, -0.15) is 0 Å². The van der Waals surface area contributed by atoms with Crippen molar-refractivity contribution in [1.29, 1.82) is 0 Å². The summed E-state index contributed by atoms with van der Waals surface area (Å²) in [4.78, 5) is 9.70. The van der Waals surface area contributed by atoms with Crippen molar-refractivity contribution in [3.63, 3.8) is 0 Å². The van der Waals surface area contributed by atoms with Crippen LogP contribution in [0.3, 0.4) is 0 Å². The first kappa shape index (κ1) is 12.5. The van der Waals surface area contributed by atoms with E-state index in [9.17, 15) is 0 Å². The highest BCUT2D eigenvalue weighted by Crippen LogP contribution is 2.31. The molecule has 2 saturated heterocycles. The maximum absolute atomic E-state index is 4.92. The van der Waals surface area contributed by atoms with Crippen LogP contribution in [0, 0.1) is 0 Å². The number of aliphatic imine (C=N–C) groups is 1. The molecule has 0 unspecified atom stereocenters. The average Bonchev–Trinajstić information content (AvgIpc) is 2.86. The molecule has 0 saturated carbocycles. The molecule has 2 heterocycles. The summed E-state index contributed by atoms with van der Waals surface area (Å²) in [7, 11) is 2.15. The van der Waals surface area contributed by atoms with Gasteiger partial charge in [0.1, 0.15) is 5.84 Å². The highest BCUT2D eigenvalue weighted by atomic mass is 15.2. The molecule has 1 aromatic carbocycles. The standard InChI is InChI=1S/C16H23N3/c1-18-11-7-10-16(18)17-14-8-3-4-9-15(14)19-12-5-2-6-13-19/h3-4,8-9H,2,5-7,10-13H2,1H3. The van der Waals surface area contributed by atoms with Gasteiger partial charge in [0.15, 0.2) is 0 Å². The largest absolute Gasteiger partial charge is 0.370 e. The molecule has 102 valence electrons. The van der Waals surface area contributed by atoms with Gasteiger partial charge in [0.25, 0.3) is 0 Å². The van der Waals surface area contributed by atoms with Crippen LogP contribution in [0.15, 0.2) is 29.3 Å². The maximum Gasteiger partial charge on any atom is 0.105 e. The van der Waals surface area contributed by atoms with Gasteiger partial charge in [-0.1, -0.05) is 12.1 Å². The molecule has 3 rings (SSSR count). The second-order valence-electron chi connectivity index (χ2n) is 5.59. The van der Waals surface area contributed by atoms with Crippen molar-refractivity contribution in [1.82, 2.24) is 4.90 Å². The van der Waals surface area contributed by atoms with Gasteiger partial charge in [-0.25, -0.2) is 4.99 Å². The van der Waals surface area contributed by atoms with Gasteiger partial charge in [-0.15, -0.1) is 0 Å². The molecule has 2 aliphatic rings. The van der Waals surface area contributed by atoms with Crippen LogP contribution in [-0.2, 0) is 0 Å². The molecule has 0 N–H and O–H groups in total. The Labute approximate surface area is 115 Å². The van der Waals surface area contributed by atoms with E-state index in [0.29, 0.717) is 0 Å². The third kappa shape index (κ3) is 2.75. The van der Waals surface area contributed by atoms with E-state index in [1.807, 2.05) is 0 Å². The number of hydrogen-bond donors (Lipinski definition) is 0. The first-order valence-corrected chi connectivity index (χ1v) is 7.47. The van der Waals surface area contributed by atoms with E-state index in [1.165, 1.54) is 50.3 Å². The summed E-state index contributed by atoms with van der Waals surface area (Å²) >= 11 is 0. The SMILES string of the molecule is CN1CCCC1=Nc1ccccc1N1CCCCC1. The fourth-order valence-corrected chi connectivity index (χ4v) is 3.04. The molecule has 3 nitrogen and oxygen atoms in total. The van der Waals surface area contributed by atoms with Crippen LogP contribution in [0.4, 0.5) is 11.4 Å². The minimum atomic E-state index is 1.12. The summed E-state index contributed by atoms with van der Waals surface area (Å²) in [5.41, 5.74) is 2.46. The van der Waals surface area contributed by atoms with Crippen LogP contribution in [0.2, 0.25) is 0 Å². The van der Waals surface area contributed by atoms with E-state index in [0.717, 1.165) is 18.7 Å². The quantitative estimate of drug-likeness (QED) is 0.808. The number of benzene rings is 1. The number of para-hydroxylation sites is 2.